The minimum Gasteiger partial charge on any atom is -0.497 e. The number of benzene rings is 2. The third kappa shape index (κ3) is 3.26. The average Bonchev–Trinajstić information content (AvgIpc) is 2.36. The van der Waals surface area contributed by atoms with Gasteiger partial charge in [-0.3, -0.25) is 0 Å². The van der Waals surface area contributed by atoms with Crippen molar-refractivity contribution in [2.75, 3.05) is 7.11 Å². The molecular formula is C14H11BrClFO2. The number of hydrogen-bond acceptors (Lipinski definition) is 2. The van der Waals surface area contributed by atoms with Gasteiger partial charge in [-0.2, -0.15) is 0 Å². The van der Waals surface area contributed by atoms with Gasteiger partial charge in [0.1, 0.15) is 17.7 Å². The quantitative estimate of drug-likeness (QED) is 0.897. The molecule has 1 N–H and O–H groups in total. The van der Waals surface area contributed by atoms with Crippen LogP contribution in [0.15, 0.2) is 40.9 Å². The molecule has 0 bridgehead atoms. The van der Waals surface area contributed by atoms with E-state index in [-0.39, 0.29) is 5.56 Å². The van der Waals surface area contributed by atoms with Gasteiger partial charge in [-0.05, 0) is 35.9 Å². The normalized spacial score (nSPS) is 12.3. The molecule has 1 unspecified atom stereocenters. The zero-order chi connectivity index (χ0) is 14.0. The SMILES string of the molecule is COc1ccc(C(O)c2cc(Cl)cc(Br)c2)c(F)c1. The summed E-state index contributed by atoms with van der Waals surface area (Å²) in [6.45, 7) is 0. The maximum absolute atomic E-state index is 13.9. The highest BCUT2D eigenvalue weighted by molar-refractivity contribution is 9.10. The molecule has 0 aromatic heterocycles. The summed E-state index contributed by atoms with van der Waals surface area (Å²) in [6.07, 6.45) is -1.08. The van der Waals surface area contributed by atoms with Crippen LogP contribution in [0, 0.1) is 5.82 Å². The van der Waals surface area contributed by atoms with E-state index in [1.54, 1.807) is 24.3 Å². The lowest BCUT2D eigenvalue weighted by Gasteiger charge is -2.14. The molecule has 0 amide bonds. The van der Waals surface area contributed by atoms with Crippen molar-refractivity contribution in [2.45, 2.75) is 6.10 Å². The summed E-state index contributed by atoms with van der Waals surface area (Å²) in [5, 5.41) is 10.7. The molecule has 0 aliphatic heterocycles. The molecule has 1 atom stereocenters. The van der Waals surface area contributed by atoms with E-state index in [0.717, 1.165) is 4.47 Å². The van der Waals surface area contributed by atoms with Crippen molar-refractivity contribution in [1.82, 2.24) is 0 Å². The highest BCUT2D eigenvalue weighted by Crippen LogP contribution is 2.30. The molecular weight excluding hydrogens is 335 g/mol. The lowest BCUT2D eigenvalue weighted by atomic mass is 10.0. The predicted molar refractivity (Wildman–Crippen MR) is 76.2 cm³/mol. The van der Waals surface area contributed by atoms with Gasteiger partial charge in [0, 0.05) is 21.1 Å². The average molecular weight is 346 g/mol. The van der Waals surface area contributed by atoms with Gasteiger partial charge in [-0.1, -0.05) is 27.5 Å². The summed E-state index contributed by atoms with van der Waals surface area (Å²) in [5.74, 6) is -0.122. The van der Waals surface area contributed by atoms with Gasteiger partial charge in [-0.15, -0.1) is 0 Å². The van der Waals surface area contributed by atoms with Gasteiger partial charge in [0.15, 0.2) is 0 Å². The Kier molecular flexibility index (Phi) is 4.45. The molecule has 0 radical (unpaired) electrons. The summed E-state index contributed by atoms with van der Waals surface area (Å²) < 4.78 is 19.5. The lowest BCUT2D eigenvalue weighted by molar-refractivity contribution is 0.214. The van der Waals surface area contributed by atoms with Crippen LogP contribution in [0.2, 0.25) is 5.02 Å². The number of methoxy groups -OCH3 is 1. The Morgan fingerprint density at radius 2 is 2.00 bits per heavy atom. The molecule has 0 saturated heterocycles. The number of rotatable bonds is 3. The minimum atomic E-state index is -1.08. The number of halogens is 3. The summed E-state index contributed by atoms with van der Waals surface area (Å²) in [7, 11) is 1.46. The molecule has 5 heteroatoms. The van der Waals surface area contributed by atoms with E-state index in [1.807, 2.05) is 0 Å². The molecule has 2 aromatic carbocycles. The second-order valence-electron chi connectivity index (χ2n) is 3.99. The molecule has 2 nitrogen and oxygen atoms in total. The van der Waals surface area contributed by atoms with Gasteiger partial charge in [0.2, 0.25) is 0 Å². The lowest BCUT2D eigenvalue weighted by Crippen LogP contribution is -2.03. The van der Waals surface area contributed by atoms with Crippen molar-refractivity contribution < 1.29 is 14.2 Å². The Hall–Kier alpha value is -1.10. The number of aliphatic hydroxyl groups excluding tert-OH is 1. The van der Waals surface area contributed by atoms with Gasteiger partial charge >= 0.3 is 0 Å². The molecule has 0 heterocycles. The Morgan fingerprint density at radius 1 is 1.26 bits per heavy atom. The monoisotopic (exact) mass is 344 g/mol. The first-order valence-electron chi connectivity index (χ1n) is 5.48. The zero-order valence-corrected chi connectivity index (χ0v) is 12.4. The predicted octanol–water partition coefficient (Wildman–Crippen LogP) is 4.33. The van der Waals surface area contributed by atoms with E-state index in [4.69, 9.17) is 16.3 Å². The van der Waals surface area contributed by atoms with Gasteiger partial charge < -0.3 is 9.84 Å². The summed E-state index contributed by atoms with van der Waals surface area (Å²) >= 11 is 9.20. The van der Waals surface area contributed by atoms with Crippen molar-refractivity contribution in [3.63, 3.8) is 0 Å². The van der Waals surface area contributed by atoms with Crippen molar-refractivity contribution >= 4 is 27.5 Å². The molecule has 0 fully saturated rings. The summed E-state index contributed by atoms with van der Waals surface area (Å²) in [5.41, 5.74) is 0.693. The smallest absolute Gasteiger partial charge is 0.133 e. The maximum Gasteiger partial charge on any atom is 0.133 e. The fraction of sp³-hybridized carbons (Fsp3) is 0.143. The first-order valence-corrected chi connectivity index (χ1v) is 6.66. The van der Waals surface area contributed by atoms with Crippen molar-refractivity contribution in [2.24, 2.45) is 0 Å². The number of aliphatic hydroxyl groups is 1. The molecule has 2 rings (SSSR count). The van der Waals surface area contributed by atoms with Gasteiger partial charge in [0.05, 0.1) is 7.11 Å². The van der Waals surface area contributed by atoms with E-state index < -0.39 is 11.9 Å². The zero-order valence-electron chi connectivity index (χ0n) is 10.0. The molecule has 100 valence electrons. The van der Waals surface area contributed by atoms with E-state index in [0.29, 0.717) is 16.3 Å². The third-order valence-electron chi connectivity index (χ3n) is 2.70. The van der Waals surface area contributed by atoms with Gasteiger partial charge in [-0.25, -0.2) is 4.39 Å². The van der Waals surface area contributed by atoms with Crippen LogP contribution >= 0.6 is 27.5 Å². The van der Waals surface area contributed by atoms with Crippen LogP contribution < -0.4 is 4.74 Å². The van der Waals surface area contributed by atoms with Crippen molar-refractivity contribution in [1.29, 1.82) is 0 Å². The Labute approximate surface area is 123 Å². The van der Waals surface area contributed by atoms with Crippen LogP contribution in [0.25, 0.3) is 0 Å². The highest BCUT2D eigenvalue weighted by atomic mass is 79.9. The third-order valence-corrected chi connectivity index (χ3v) is 3.38. The van der Waals surface area contributed by atoms with E-state index in [2.05, 4.69) is 15.9 Å². The fourth-order valence-corrected chi connectivity index (χ4v) is 2.66. The van der Waals surface area contributed by atoms with Crippen molar-refractivity contribution in [3.05, 3.63) is 62.8 Å². The molecule has 0 saturated carbocycles. The summed E-state index contributed by atoms with van der Waals surface area (Å²) in [6, 6.07) is 9.32. The van der Waals surface area contributed by atoms with Crippen molar-refractivity contribution in [3.8, 4) is 5.75 Å². The second-order valence-corrected chi connectivity index (χ2v) is 5.34. The summed E-state index contributed by atoms with van der Waals surface area (Å²) in [4.78, 5) is 0. The van der Waals surface area contributed by atoms with E-state index in [1.165, 1.54) is 19.2 Å². The number of hydrogen-bond donors (Lipinski definition) is 1. The Bertz CT molecular complexity index is 584. The topological polar surface area (TPSA) is 29.5 Å². The van der Waals surface area contributed by atoms with E-state index in [9.17, 15) is 9.50 Å². The fourth-order valence-electron chi connectivity index (χ4n) is 1.77. The van der Waals surface area contributed by atoms with Crippen LogP contribution in [-0.4, -0.2) is 12.2 Å². The molecule has 0 aliphatic rings. The molecule has 0 spiro atoms. The first kappa shape index (κ1) is 14.3. The largest absolute Gasteiger partial charge is 0.497 e. The van der Waals surface area contributed by atoms with Crippen LogP contribution in [0.5, 0.6) is 5.75 Å². The highest BCUT2D eigenvalue weighted by Gasteiger charge is 2.16. The second kappa shape index (κ2) is 5.90. The number of ether oxygens (including phenoxy) is 1. The molecule has 0 aliphatic carbocycles. The van der Waals surface area contributed by atoms with Crippen LogP contribution in [0.1, 0.15) is 17.2 Å². The maximum atomic E-state index is 13.9. The molecule has 2 aromatic rings. The van der Waals surface area contributed by atoms with Crippen LogP contribution in [0.4, 0.5) is 4.39 Å². The molecule has 19 heavy (non-hydrogen) atoms. The van der Waals surface area contributed by atoms with Crippen LogP contribution in [0.3, 0.4) is 0 Å². The standard InChI is InChI=1S/C14H11BrClFO2/c1-19-11-2-3-12(13(17)7-11)14(18)8-4-9(15)6-10(16)5-8/h2-7,14,18H,1H3. The van der Waals surface area contributed by atoms with E-state index >= 15 is 0 Å². The first-order chi connectivity index (χ1) is 9.01. The Balaban J connectivity index is 2.40. The minimum absolute atomic E-state index is 0.176. The van der Waals surface area contributed by atoms with Gasteiger partial charge in [0.25, 0.3) is 0 Å². The Morgan fingerprint density at radius 3 is 2.58 bits per heavy atom. The van der Waals surface area contributed by atoms with Crippen LogP contribution in [-0.2, 0) is 0 Å².